The number of fused-ring (bicyclic) bond motifs is 1. The molecule has 0 spiro atoms. The highest BCUT2D eigenvalue weighted by molar-refractivity contribution is 5.97. The quantitative estimate of drug-likeness (QED) is 0.811. The average molecular weight is 262 g/mol. The number of carboxylic acids is 1. The van der Waals surface area contributed by atoms with Crippen LogP contribution in [0.2, 0.25) is 0 Å². The molecule has 0 aliphatic carbocycles. The summed E-state index contributed by atoms with van der Waals surface area (Å²) in [7, 11) is 0. The molecule has 0 saturated carbocycles. The molecule has 0 atom stereocenters. The maximum Gasteiger partial charge on any atom is 0.310 e. The van der Waals surface area contributed by atoms with Crippen molar-refractivity contribution in [2.45, 2.75) is 26.7 Å². The number of anilines is 2. The lowest BCUT2D eigenvalue weighted by atomic mass is 9.90. The molecule has 2 rings (SSSR count). The van der Waals surface area contributed by atoms with Crippen molar-refractivity contribution in [2.75, 3.05) is 17.2 Å². The Bertz CT molecular complexity index is 537. The molecule has 0 unspecified atom stereocenters. The SMILES string of the molecule is CC(C)(CN1C(=O)CCc2cc(N)ccc21)C(=O)O. The largest absolute Gasteiger partial charge is 0.481 e. The smallest absolute Gasteiger partial charge is 0.310 e. The van der Waals surface area contributed by atoms with E-state index in [0.717, 1.165) is 11.3 Å². The Hall–Kier alpha value is -2.04. The number of nitrogens with zero attached hydrogens (tertiary/aromatic N) is 1. The van der Waals surface area contributed by atoms with Crippen molar-refractivity contribution in [3.05, 3.63) is 23.8 Å². The van der Waals surface area contributed by atoms with Gasteiger partial charge in [0, 0.05) is 24.3 Å². The van der Waals surface area contributed by atoms with E-state index in [1.54, 1.807) is 30.9 Å². The normalized spacial score (nSPS) is 15.3. The summed E-state index contributed by atoms with van der Waals surface area (Å²) in [5, 5.41) is 9.19. The van der Waals surface area contributed by atoms with Gasteiger partial charge in [-0.3, -0.25) is 9.59 Å². The van der Waals surface area contributed by atoms with Crippen molar-refractivity contribution in [3.8, 4) is 0 Å². The molecule has 0 bridgehead atoms. The minimum atomic E-state index is -0.980. The molecule has 102 valence electrons. The second-order valence-electron chi connectivity index (χ2n) is 5.56. The number of carbonyl (C=O) groups is 2. The minimum Gasteiger partial charge on any atom is -0.481 e. The van der Waals surface area contributed by atoms with Crippen molar-refractivity contribution >= 4 is 23.3 Å². The predicted octanol–water partition coefficient (Wildman–Crippen LogP) is 1.66. The number of aliphatic carboxylic acids is 1. The maximum atomic E-state index is 12.0. The Kier molecular flexibility index (Phi) is 3.22. The number of benzene rings is 1. The van der Waals surface area contributed by atoms with Crippen molar-refractivity contribution in [1.82, 2.24) is 0 Å². The summed E-state index contributed by atoms with van der Waals surface area (Å²) in [4.78, 5) is 24.8. The van der Waals surface area contributed by atoms with Gasteiger partial charge in [-0.1, -0.05) is 0 Å². The molecule has 1 aliphatic rings. The summed E-state index contributed by atoms with van der Waals surface area (Å²) in [6, 6.07) is 5.38. The van der Waals surface area contributed by atoms with Crippen LogP contribution in [-0.2, 0) is 16.0 Å². The van der Waals surface area contributed by atoms with Crippen LogP contribution in [0.15, 0.2) is 18.2 Å². The van der Waals surface area contributed by atoms with Gasteiger partial charge in [0.25, 0.3) is 0 Å². The molecule has 1 amide bonds. The highest BCUT2D eigenvalue weighted by Crippen LogP contribution is 2.32. The van der Waals surface area contributed by atoms with E-state index in [-0.39, 0.29) is 12.5 Å². The zero-order valence-electron chi connectivity index (χ0n) is 11.1. The van der Waals surface area contributed by atoms with Crippen LogP contribution < -0.4 is 10.6 Å². The standard InChI is InChI=1S/C14H18N2O3/c1-14(2,13(18)19)8-16-11-5-4-10(15)7-9(11)3-6-12(16)17/h4-5,7H,3,6,8,15H2,1-2H3,(H,18,19). The van der Waals surface area contributed by atoms with E-state index in [1.807, 2.05) is 6.07 Å². The Morgan fingerprint density at radius 2 is 2.11 bits per heavy atom. The van der Waals surface area contributed by atoms with Crippen molar-refractivity contribution in [2.24, 2.45) is 5.41 Å². The third-order valence-electron chi connectivity index (χ3n) is 3.44. The Labute approximate surface area is 112 Å². The van der Waals surface area contributed by atoms with Crippen LogP contribution in [0.25, 0.3) is 0 Å². The monoisotopic (exact) mass is 262 g/mol. The van der Waals surface area contributed by atoms with Crippen LogP contribution in [0.4, 0.5) is 11.4 Å². The fourth-order valence-corrected chi connectivity index (χ4v) is 2.22. The van der Waals surface area contributed by atoms with Gasteiger partial charge >= 0.3 is 5.97 Å². The number of hydrogen-bond donors (Lipinski definition) is 2. The lowest BCUT2D eigenvalue weighted by Gasteiger charge is -2.34. The molecule has 1 aromatic carbocycles. The van der Waals surface area contributed by atoms with Gasteiger partial charge < -0.3 is 15.7 Å². The molecule has 0 radical (unpaired) electrons. The van der Waals surface area contributed by atoms with E-state index < -0.39 is 11.4 Å². The fourth-order valence-electron chi connectivity index (χ4n) is 2.22. The molecular formula is C14H18N2O3. The van der Waals surface area contributed by atoms with Crippen LogP contribution in [0.3, 0.4) is 0 Å². The molecule has 1 aromatic rings. The van der Waals surface area contributed by atoms with Gasteiger partial charge in [0.15, 0.2) is 0 Å². The summed E-state index contributed by atoms with van der Waals surface area (Å²) < 4.78 is 0. The van der Waals surface area contributed by atoms with Gasteiger partial charge in [-0.15, -0.1) is 0 Å². The first-order valence-electron chi connectivity index (χ1n) is 6.23. The van der Waals surface area contributed by atoms with Gasteiger partial charge in [-0.25, -0.2) is 0 Å². The third-order valence-corrected chi connectivity index (χ3v) is 3.44. The van der Waals surface area contributed by atoms with Crippen LogP contribution in [0, 0.1) is 5.41 Å². The van der Waals surface area contributed by atoms with E-state index in [2.05, 4.69) is 0 Å². The number of nitrogen functional groups attached to an aromatic ring is 1. The van der Waals surface area contributed by atoms with Crippen LogP contribution in [0.5, 0.6) is 0 Å². The maximum absolute atomic E-state index is 12.0. The molecule has 19 heavy (non-hydrogen) atoms. The molecule has 1 heterocycles. The predicted molar refractivity (Wildman–Crippen MR) is 72.9 cm³/mol. The first-order chi connectivity index (χ1) is 8.81. The minimum absolute atomic E-state index is 0.0356. The van der Waals surface area contributed by atoms with Gasteiger partial charge in [-0.05, 0) is 44.0 Å². The van der Waals surface area contributed by atoms with E-state index >= 15 is 0 Å². The van der Waals surface area contributed by atoms with Crippen molar-refractivity contribution in [3.63, 3.8) is 0 Å². The number of hydrogen-bond acceptors (Lipinski definition) is 3. The average Bonchev–Trinajstić information content (AvgIpc) is 2.32. The summed E-state index contributed by atoms with van der Waals surface area (Å²) in [6.45, 7) is 3.40. The fraction of sp³-hybridized carbons (Fsp3) is 0.429. The van der Waals surface area contributed by atoms with Crippen LogP contribution in [-0.4, -0.2) is 23.5 Å². The zero-order valence-corrected chi connectivity index (χ0v) is 11.1. The number of amides is 1. The Morgan fingerprint density at radius 3 is 2.74 bits per heavy atom. The summed E-state index contributed by atoms with van der Waals surface area (Å²) in [5.74, 6) is -0.950. The number of rotatable bonds is 3. The molecule has 0 saturated heterocycles. The van der Waals surface area contributed by atoms with Crippen molar-refractivity contribution < 1.29 is 14.7 Å². The highest BCUT2D eigenvalue weighted by atomic mass is 16.4. The van der Waals surface area contributed by atoms with Crippen LogP contribution in [0.1, 0.15) is 25.8 Å². The van der Waals surface area contributed by atoms with Gasteiger partial charge in [0.2, 0.25) is 5.91 Å². The molecule has 5 nitrogen and oxygen atoms in total. The zero-order chi connectivity index (χ0) is 14.2. The molecule has 3 N–H and O–H groups in total. The third kappa shape index (κ3) is 2.54. The van der Waals surface area contributed by atoms with Gasteiger partial charge in [-0.2, -0.15) is 0 Å². The molecular weight excluding hydrogens is 244 g/mol. The molecule has 1 aliphatic heterocycles. The molecule has 5 heteroatoms. The lowest BCUT2D eigenvalue weighted by molar-refractivity contribution is -0.146. The van der Waals surface area contributed by atoms with Gasteiger partial charge in [0.05, 0.1) is 5.41 Å². The number of carbonyl (C=O) groups excluding carboxylic acids is 1. The number of carboxylic acid groups (broad SMARTS) is 1. The summed E-state index contributed by atoms with van der Waals surface area (Å²) >= 11 is 0. The first kappa shape index (κ1) is 13.4. The topological polar surface area (TPSA) is 83.6 Å². The second kappa shape index (κ2) is 4.57. The Morgan fingerprint density at radius 1 is 1.42 bits per heavy atom. The van der Waals surface area contributed by atoms with E-state index in [0.29, 0.717) is 18.5 Å². The summed E-state index contributed by atoms with van der Waals surface area (Å²) in [6.07, 6.45) is 1.05. The van der Waals surface area contributed by atoms with E-state index in [4.69, 9.17) is 5.73 Å². The first-order valence-corrected chi connectivity index (χ1v) is 6.23. The molecule has 0 aromatic heterocycles. The van der Waals surface area contributed by atoms with Gasteiger partial charge in [0.1, 0.15) is 0 Å². The number of nitrogens with two attached hydrogens (primary N) is 1. The second-order valence-corrected chi connectivity index (χ2v) is 5.56. The van der Waals surface area contributed by atoms with E-state index in [1.165, 1.54) is 0 Å². The summed E-state index contributed by atoms with van der Waals surface area (Å²) in [5.41, 5.74) is 7.20. The highest BCUT2D eigenvalue weighted by Gasteiger charge is 2.34. The van der Waals surface area contributed by atoms with Crippen molar-refractivity contribution in [1.29, 1.82) is 0 Å². The number of aryl methyl sites for hydroxylation is 1. The molecule has 0 fully saturated rings. The van der Waals surface area contributed by atoms with Crippen LogP contribution >= 0.6 is 0 Å². The lowest BCUT2D eigenvalue weighted by Crippen LogP contribution is -2.44. The Balaban J connectivity index is 2.36. The van der Waals surface area contributed by atoms with E-state index in [9.17, 15) is 14.7 Å².